The highest BCUT2D eigenvalue weighted by Gasteiger charge is 2.53. The summed E-state index contributed by atoms with van der Waals surface area (Å²) in [5.41, 5.74) is -2.46. The van der Waals surface area contributed by atoms with E-state index in [1.165, 1.54) is 6.92 Å². The van der Waals surface area contributed by atoms with Gasteiger partial charge in [-0.2, -0.15) is 0 Å². The molecule has 3 heterocycles. The zero-order chi connectivity index (χ0) is 49.6. The molecule has 0 radical (unpaired) electrons. The number of thiocarbonyl (C=S) groups is 1. The number of rotatable bonds is 12. The van der Waals surface area contributed by atoms with Gasteiger partial charge in [-0.3, -0.25) is 9.69 Å². The van der Waals surface area contributed by atoms with Crippen LogP contribution in [0.5, 0.6) is 5.75 Å². The summed E-state index contributed by atoms with van der Waals surface area (Å²) in [5, 5.41) is 68.2. The fraction of sp³-hybridized carbons (Fsp3) is 0.840. The topological polar surface area (TPSA) is 195 Å². The predicted molar refractivity (Wildman–Crippen MR) is 262 cm³/mol. The summed E-state index contributed by atoms with van der Waals surface area (Å²) in [7, 11) is 7.09. The van der Waals surface area contributed by atoms with Crippen molar-refractivity contribution in [1.29, 1.82) is 0 Å². The lowest BCUT2D eigenvalue weighted by Crippen LogP contribution is -2.60. The van der Waals surface area contributed by atoms with E-state index in [9.17, 15) is 30.3 Å². The maximum Gasteiger partial charge on any atom is 0.309 e. The van der Waals surface area contributed by atoms with E-state index < -0.39 is 83.4 Å². The lowest BCUT2D eigenvalue weighted by molar-refractivity contribution is -0.226. The number of ether oxygens (including phenoxy) is 5. The Kier molecular flexibility index (Phi) is 20.1. The minimum atomic E-state index is -1.82. The molecule has 4 rings (SSSR count). The van der Waals surface area contributed by atoms with Crippen molar-refractivity contribution in [3.05, 3.63) is 23.8 Å². The number of benzene rings is 1. The third kappa shape index (κ3) is 13.3. The number of cyclic esters (lactones) is 1. The number of hydrogen-bond donors (Lipinski definition) is 7. The van der Waals surface area contributed by atoms with Crippen molar-refractivity contribution in [1.82, 2.24) is 15.1 Å². The van der Waals surface area contributed by atoms with Crippen molar-refractivity contribution in [3.8, 4) is 5.75 Å². The minimum Gasteiger partial charge on any atom is -0.495 e. The van der Waals surface area contributed by atoms with Crippen molar-refractivity contribution in [3.63, 3.8) is 0 Å². The molecule has 1 aromatic rings. The Morgan fingerprint density at radius 3 is 2.26 bits per heavy atom. The van der Waals surface area contributed by atoms with Crippen LogP contribution in [0.15, 0.2) is 18.2 Å². The van der Waals surface area contributed by atoms with Crippen LogP contribution in [-0.4, -0.2) is 172 Å². The first-order chi connectivity index (χ1) is 30.7. The number of carbonyl (C=O) groups excluding carboxylic acids is 1. The summed E-state index contributed by atoms with van der Waals surface area (Å²) in [5.74, 6) is -1.91. The number of carbonyl (C=O) groups is 1. The van der Waals surface area contributed by atoms with Crippen LogP contribution in [0, 0.1) is 36.5 Å². The Labute approximate surface area is 401 Å². The molecule has 0 aliphatic carbocycles. The van der Waals surface area contributed by atoms with Crippen LogP contribution in [0.3, 0.4) is 0 Å². The normalized spacial score (nSPS) is 41.3. The molecule has 0 amide bonds. The summed E-state index contributed by atoms with van der Waals surface area (Å²) in [6.45, 7) is 22.0. The third-order valence-corrected chi connectivity index (χ3v) is 16.1. The van der Waals surface area contributed by atoms with Gasteiger partial charge in [0.1, 0.15) is 29.7 Å². The summed E-state index contributed by atoms with van der Waals surface area (Å²) >= 11 is 5.72. The minimum absolute atomic E-state index is 0.106. The van der Waals surface area contributed by atoms with Crippen molar-refractivity contribution in [2.75, 3.05) is 53.3 Å². The van der Waals surface area contributed by atoms with E-state index in [0.717, 1.165) is 5.56 Å². The predicted octanol–water partition coefficient (Wildman–Crippen LogP) is 4.90. The number of hydrogen-bond acceptors (Lipinski definition) is 14. The number of anilines is 1. The first-order valence-corrected chi connectivity index (χ1v) is 24.8. The van der Waals surface area contributed by atoms with Gasteiger partial charge in [-0.25, -0.2) is 0 Å². The first kappa shape index (κ1) is 56.4. The molecule has 0 aromatic heterocycles. The Morgan fingerprint density at radius 2 is 1.65 bits per heavy atom. The fourth-order valence-corrected chi connectivity index (χ4v) is 11.5. The zero-order valence-corrected chi connectivity index (χ0v) is 43.6. The van der Waals surface area contributed by atoms with Crippen molar-refractivity contribution in [2.45, 2.75) is 192 Å². The molecule has 3 aliphatic heterocycles. The molecular weight excluding hydrogens is 865 g/mol. The van der Waals surface area contributed by atoms with Crippen LogP contribution in [0.25, 0.3) is 0 Å². The van der Waals surface area contributed by atoms with Crippen LogP contribution in [0.4, 0.5) is 5.69 Å². The molecule has 0 saturated carbocycles. The van der Waals surface area contributed by atoms with Gasteiger partial charge in [-0.15, -0.1) is 0 Å². The summed E-state index contributed by atoms with van der Waals surface area (Å²) in [4.78, 5) is 18.4. The summed E-state index contributed by atoms with van der Waals surface area (Å²) in [6, 6.07) is 4.94. The van der Waals surface area contributed by atoms with E-state index in [4.69, 9.17) is 35.9 Å². The van der Waals surface area contributed by atoms with Crippen LogP contribution in [0.1, 0.15) is 113 Å². The van der Waals surface area contributed by atoms with E-state index >= 15 is 0 Å². The van der Waals surface area contributed by atoms with E-state index in [1.807, 2.05) is 92.6 Å². The average molecular weight is 953 g/mol. The molecule has 1 aromatic carbocycles. The first-order valence-electron chi connectivity index (χ1n) is 24.4. The molecule has 18 atom stereocenters. The van der Waals surface area contributed by atoms with Gasteiger partial charge >= 0.3 is 5.97 Å². The van der Waals surface area contributed by atoms with E-state index in [0.29, 0.717) is 55.4 Å². The van der Waals surface area contributed by atoms with Crippen LogP contribution in [0.2, 0.25) is 0 Å². The van der Waals surface area contributed by atoms with Gasteiger partial charge in [0.15, 0.2) is 5.11 Å². The van der Waals surface area contributed by atoms with Crippen LogP contribution >= 0.6 is 12.2 Å². The molecule has 7 N–H and O–H groups in total. The standard InChI is InChI=1S/C50H88N4O11S/c1-16-42-49(11,59)44(56)34(8)54(20-19-51-47(66)52-38-18-17-28(2)21-40(38)61-14)27-29(3)24-50(60,26-41-43(55)39(53(12)13)22-30(4)63-41)37(32(6)31(5)33(7)46(58)65-42)23-36-25-48(10,62-15)45(57)35(9)64-36/h17-18,21,29-37,39,41-45,55-57,59-60H,16,19-20,22-27H2,1-15H3,(H2,51,52,66)/t29-,30+,31+,32+,33+,34+,35-,36+,37-,39-,41-,42-,43-,44+,45+,48?,49?,50?/m0/s1. The van der Waals surface area contributed by atoms with Gasteiger partial charge in [0.2, 0.25) is 0 Å². The molecule has 0 bridgehead atoms. The highest BCUT2D eigenvalue weighted by atomic mass is 32.1. The number of aliphatic hydroxyl groups excluding tert-OH is 3. The highest BCUT2D eigenvalue weighted by molar-refractivity contribution is 7.80. The monoisotopic (exact) mass is 953 g/mol. The largest absolute Gasteiger partial charge is 0.495 e. The number of esters is 1. The van der Waals surface area contributed by atoms with Gasteiger partial charge in [-0.1, -0.05) is 40.7 Å². The number of methoxy groups -OCH3 is 2. The summed E-state index contributed by atoms with van der Waals surface area (Å²) < 4.78 is 30.8. The molecule has 3 unspecified atom stereocenters. The zero-order valence-electron chi connectivity index (χ0n) is 42.7. The third-order valence-electron chi connectivity index (χ3n) is 15.8. The Hall–Kier alpha value is -2.22. The SMILES string of the molecule is CC[C@@H]1OC(=O)[C@H](C)[C@H](C)[C@@H](C)[C@H](C[C@@H]2CC(C)(OC)[C@H](O)[C@H](C)O2)C(O)(C[C@@H]2O[C@H](C)C[C@H](N(C)C)[C@@H]2O)C[C@H](C)CN(CCNC(=S)Nc2ccc(C)cc2OC)[C@H](C)[C@@H](O)C1(C)O. The van der Waals surface area contributed by atoms with E-state index in [1.54, 1.807) is 14.2 Å². The van der Waals surface area contributed by atoms with Gasteiger partial charge in [0.05, 0.1) is 60.4 Å². The molecule has 3 aliphatic rings. The quantitative estimate of drug-likeness (QED) is 0.110. The van der Waals surface area contributed by atoms with Gasteiger partial charge < -0.3 is 64.8 Å². The van der Waals surface area contributed by atoms with Gasteiger partial charge in [-0.05, 0) is 135 Å². The lowest BCUT2D eigenvalue weighted by Gasteiger charge is -2.51. The highest BCUT2D eigenvalue weighted by Crippen LogP contribution is 2.47. The van der Waals surface area contributed by atoms with E-state index in [2.05, 4.69) is 29.4 Å². The second-order valence-electron chi connectivity index (χ2n) is 21.2. The number of likely N-dealkylation sites (N-methyl/N-ethyl adjacent to an activating group) is 1. The van der Waals surface area contributed by atoms with Crippen molar-refractivity contribution >= 4 is 29.0 Å². The van der Waals surface area contributed by atoms with Crippen LogP contribution in [-0.2, 0) is 23.7 Å². The maximum atomic E-state index is 14.3. The molecule has 15 nitrogen and oxygen atoms in total. The molecule has 66 heavy (non-hydrogen) atoms. The van der Waals surface area contributed by atoms with Crippen molar-refractivity contribution in [2.24, 2.45) is 29.6 Å². The van der Waals surface area contributed by atoms with Crippen molar-refractivity contribution < 1.29 is 54.0 Å². The van der Waals surface area contributed by atoms with Gasteiger partial charge in [0.25, 0.3) is 0 Å². The maximum absolute atomic E-state index is 14.3. The average Bonchev–Trinajstić information content (AvgIpc) is 3.25. The fourth-order valence-electron chi connectivity index (χ4n) is 11.3. The van der Waals surface area contributed by atoms with Crippen LogP contribution < -0.4 is 15.4 Å². The van der Waals surface area contributed by atoms with E-state index in [-0.39, 0.29) is 49.2 Å². The Morgan fingerprint density at radius 1 is 0.985 bits per heavy atom. The molecular formula is C50H88N4O11S. The second-order valence-corrected chi connectivity index (χ2v) is 21.6. The lowest BCUT2D eigenvalue weighted by atomic mass is 9.63. The molecule has 0 spiro atoms. The molecule has 3 saturated heterocycles. The van der Waals surface area contributed by atoms with Gasteiger partial charge in [0, 0.05) is 51.7 Å². The molecule has 380 valence electrons. The summed E-state index contributed by atoms with van der Waals surface area (Å²) in [6.07, 6.45) is -4.00. The Balaban J connectivity index is 1.81. The number of nitrogens with one attached hydrogen (secondary N) is 2. The molecule has 3 fully saturated rings. The number of nitrogens with zero attached hydrogens (tertiary/aromatic N) is 2. The second kappa shape index (κ2) is 23.6. The smallest absolute Gasteiger partial charge is 0.309 e. The number of aryl methyl sites for hydroxylation is 1. The number of aliphatic hydroxyl groups is 5. The Bertz CT molecular complexity index is 1730. The molecule has 16 heteroatoms.